The number of esters is 1. The topological polar surface area (TPSA) is 57.5 Å². The number of nitrogens with zero attached hydrogens (tertiary/aromatic N) is 1. The largest absolute Gasteiger partial charge is 0.496 e. The highest BCUT2D eigenvalue weighted by atomic mass is 16.5. The molecule has 5 rings (SSSR count). The summed E-state index contributed by atoms with van der Waals surface area (Å²) in [4.78, 5) is 25.1. The van der Waals surface area contributed by atoms with Gasteiger partial charge in [-0.15, -0.1) is 0 Å². The van der Waals surface area contributed by atoms with Gasteiger partial charge in [-0.05, 0) is 68.6 Å². The fourth-order valence-corrected chi connectivity index (χ4v) is 5.15. The molecule has 0 saturated heterocycles. The summed E-state index contributed by atoms with van der Waals surface area (Å²) in [6, 6.07) is 6.02. The quantitative estimate of drug-likeness (QED) is 0.663. The Labute approximate surface area is 177 Å². The number of hydrogen-bond donors (Lipinski definition) is 0. The van der Waals surface area contributed by atoms with Crippen LogP contribution in [0.25, 0.3) is 11.3 Å². The van der Waals surface area contributed by atoms with Gasteiger partial charge in [0.15, 0.2) is 5.43 Å². The molecule has 1 spiro atoms. The Hall–Kier alpha value is -2.56. The summed E-state index contributed by atoms with van der Waals surface area (Å²) in [5.41, 5.74) is 4.32. The second-order valence-electron chi connectivity index (χ2n) is 9.09. The van der Waals surface area contributed by atoms with Crippen molar-refractivity contribution in [2.45, 2.75) is 63.8 Å². The van der Waals surface area contributed by atoms with Gasteiger partial charge in [0.05, 0.1) is 19.4 Å². The number of fused-ring (bicyclic) bond motifs is 4. The molecule has 2 fully saturated rings. The lowest BCUT2D eigenvalue weighted by Gasteiger charge is -2.49. The smallest absolute Gasteiger partial charge is 0.343 e. The van der Waals surface area contributed by atoms with Crippen LogP contribution in [-0.2, 0) is 23.1 Å². The van der Waals surface area contributed by atoms with Crippen molar-refractivity contribution in [3.63, 3.8) is 0 Å². The second kappa shape index (κ2) is 7.29. The Bertz CT molecular complexity index is 1060. The number of aryl methyl sites for hydroxylation is 1. The predicted octanol–water partition coefficient (Wildman–Crippen LogP) is 4.48. The summed E-state index contributed by atoms with van der Waals surface area (Å²) in [5, 5.41) is 0. The highest BCUT2D eigenvalue weighted by Gasteiger charge is 2.43. The van der Waals surface area contributed by atoms with Crippen LogP contribution in [0.2, 0.25) is 0 Å². The maximum Gasteiger partial charge on any atom is 0.343 e. The number of methoxy groups -OCH3 is 1. The van der Waals surface area contributed by atoms with Gasteiger partial charge >= 0.3 is 5.97 Å². The van der Waals surface area contributed by atoms with Crippen molar-refractivity contribution in [1.82, 2.24) is 4.57 Å². The maximum atomic E-state index is 12.8. The van der Waals surface area contributed by atoms with Crippen molar-refractivity contribution < 1.29 is 14.3 Å². The van der Waals surface area contributed by atoms with Crippen LogP contribution in [0.3, 0.4) is 0 Å². The third-order valence-corrected chi connectivity index (χ3v) is 7.16. The summed E-state index contributed by atoms with van der Waals surface area (Å²) in [7, 11) is 1.72. The molecular weight excluding hydrogens is 378 g/mol. The molecule has 2 aromatic rings. The number of ether oxygens (including phenoxy) is 2. The van der Waals surface area contributed by atoms with Crippen LogP contribution in [-0.4, -0.2) is 24.3 Å². The number of carbonyl (C=O) groups is 1. The average Bonchev–Trinajstić information content (AvgIpc) is 3.54. The number of hydrogen-bond acceptors (Lipinski definition) is 4. The highest BCUT2D eigenvalue weighted by Crippen LogP contribution is 2.50. The Morgan fingerprint density at radius 2 is 2.03 bits per heavy atom. The summed E-state index contributed by atoms with van der Waals surface area (Å²) in [5.74, 6) is 1.24. The first-order valence-corrected chi connectivity index (χ1v) is 11.2. The van der Waals surface area contributed by atoms with Crippen molar-refractivity contribution in [2.75, 3.05) is 13.7 Å². The van der Waals surface area contributed by atoms with E-state index in [1.54, 1.807) is 26.3 Å². The van der Waals surface area contributed by atoms with Gasteiger partial charge < -0.3 is 14.0 Å². The van der Waals surface area contributed by atoms with E-state index < -0.39 is 5.97 Å². The third-order valence-electron chi connectivity index (χ3n) is 7.16. The van der Waals surface area contributed by atoms with E-state index in [-0.39, 0.29) is 23.1 Å². The Morgan fingerprint density at radius 1 is 1.23 bits per heavy atom. The molecule has 0 atom stereocenters. The third kappa shape index (κ3) is 3.15. The molecule has 1 aromatic heterocycles. The Balaban J connectivity index is 1.62. The van der Waals surface area contributed by atoms with Crippen LogP contribution in [0, 0.1) is 5.92 Å². The van der Waals surface area contributed by atoms with Crippen molar-refractivity contribution in [1.29, 1.82) is 0 Å². The molecule has 0 radical (unpaired) electrons. The summed E-state index contributed by atoms with van der Waals surface area (Å²) in [6.07, 6.45) is 10.9. The van der Waals surface area contributed by atoms with Crippen molar-refractivity contribution >= 4 is 5.97 Å². The van der Waals surface area contributed by atoms with Crippen LogP contribution in [0.4, 0.5) is 0 Å². The van der Waals surface area contributed by atoms with E-state index in [0.29, 0.717) is 0 Å². The molecular formula is C25H29NO4. The normalized spacial score (nSPS) is 18.3. The van der Waals surface area contributed by atoms with Crippen LogP contribution in [0.5, 0.6) is 5.75 Å². The predicted molar refractivity (Wildman–Crippen MR) is 115 cm³/mol. The molecule has 5 heteroatoms. The van der Waals surface area contributed by atoms with Gasteiger partial charge in [0.2, 0.25) is 0 Å². The van der Waals surface area contributed by atoms with E-state index in [1.807, 2.05) is 0 Å². The second-order valence-corrected chi connectivity index (χ2v) is 9.09. The summed E-state index contributed by atoms with van der Waals surface area (Å²) in [6.45, 7) is 2.01. The first-order valence-electron chi connectivity index (χ1n) is 11.2. The van der Waals surface area contributed by atoms with E-state index >= 15 is 0 Å². The number of aromatic nitrogens is 1. The van der Waals surface area contributed by atoms with E-state index in [1.165, 1.54) is 36.8 Å². The molecule has 1 aliphatic heterocycles. The summed E-state index contributed by atoms with van der Waals surface area (Å²) < 4.78 is 13.0. The van der Waals surface area contributed by atoms with Gasteiger partial charge in [0, 0.05) is 23.4 Å². The van der Waals surface area contributed by atoms with Gasteiger partial charge in [-0.1, -0.05) is 18.9 Å². The Morgan fingerprint density at radius 3 is 2.67 bits per heavy atom. The minimum absolute atomic E-state index is 0.0420. The molecule has 2 heterocycles. The molecule has 0 unspecified atom stereocenters. The van der Waals surface area contributed by atoms with E-state index in [9.17, 15) is 9.59 Å². The van der Waals surface area contributed by atoms with E-state index in [2.05, 4.69) is 16.7 Å². The molecule has 0 amide bonds. The first kappa shape index (κ1) is 19.4. The molecule has 158 valence electrons. The molecule has 30 heavy (non-hydrogen) atoms. The van der Waals surface area contributed by atoms with Gasteiger partial charge in [-0.25, -0.2) is 4.79 Å². The monoisotopic (exact) mass is 407 g/mol. The minimum atomic E-state index is -0.536. The molecule has 0 N–H and O–H groups in total. The molecule has 0 bridgehead atoms. The summed E-state index contributed by atoms with van der Waals surface area (Å²) >= 11 is 0. The molecule has 2 aliphatic carbocycles. The van der Waals surface area contributed by atoms with Crippen LogP contribution < -0.4 is 10.2 Å². The van der Waals surface area contributed by atoms with Crippen molar-refractivity contribution in [3.05, 3.63) is 51.3 Å². The van der Waals surface area contributed by atoms with Crippen LogP contribution >= 0.6 is 0 Å². The van der Waals surface area contributed by atoms with Crippen molar-refractivity contribution in [2.24, 2.45) is 5.92 Å². The first-order chi connectivity index (χ1) is 14.5. The minimum Gasteiger partial charge on any atom is -0.496 e. The lowest BCUT2D eigenvalue weighted by atomic mass is 9.69. The molecule has 2 saturated carbocycles. The maximum absolute atomic E-state index is 12.8. The van der Waals surface area contributed by atoms with Crippen LogP contribution in [0.1, 0.15) is 66.9 Å². The number of carbonyl (C=O) groups excluding carboxylic acids is 1. The fourth-order valence-electron chi connectivity index (χ4n) is 5.15. The lowest BCUT2D eigenvalue weighted by molar-refractivity contribution is 0.0521. The zero-order valence-electron chi connectivity index (χ0n) is 17.8. The van der Waals surface area contributed by atoms with Gasteiger partial charge in [0.1, 0.15) is 11.3 Å². The average molecular weight is 408 g/mol. The van der Waals surface area contributed by atoms with Crippen LogP contribution in [0.15, 0.2) is 29.2 Å². The Kier molecular flexibility index (Phi) is 4.72. The highest BCUT2D eigenvalue weighted by molar-refractivity contribution is 5.89. The molecule has 1 aromatic carbocycles. The zero-order valence-corrected chi connectivity index (χ0v) is 17.8. The fraction of sp³-hybridized carbons (Fsp3) is 0.520. The van der Waals surface area contributed by atoms with Gasteiger partial charge in [0.25, 0.3) is 0 Å². The number of rotatable bonds is 6. The van der Waals surface area contributed by atoms with Gasteiger partial charge in [-0.2, -0.15) is 0 Å². The lowest BCUT2D eigenvalue weighted by Crippen LogP contribution is -2.46. The van der Waals surface area contributed by atoms with Crippen molar-refractivity contribution in [3.8, 4) is 17.0 Å². The van der Waals surface area contributed by atoms with E-state index in [0.717, 1.165) is 48.6 Å². The number of benzene rings is 1. The van der Waals surface area contributed by atoms with Gasteiger partial charge in [-0.3, -0.25) is 4.79 Å². The number of pyridine rings is 1. The molecule has 5 nitrogen and oxygen atoms in total. The SMILES string of the molecule is CCOC(=O)c1cn2c(cc1=O)-c1cc(OC)c(CCC3CC3)cc1CC21CCC1. The zero-order chi connectivity index (χ0) is 20.9. The standard InChI is InChI=1S/C25H29NO4/c1-3-30-24(28)20-15-26-21(13-22(20)27)19-12-23(29-2)17(8-7-16-5-6-16)11-18(19)14-25(26)9-4-10-25/h11-13,15-16H,3-10,14H2,1-2H3. The molecule has 3 aliphatic rings. The van der Waals surface area contributed by atoms with E-state index in [4.69, 9.17) is 9.47 Å².